The number of nitrogens with zero attached hydrogens (tertiary/aromatic N) is 2. The molecule has 2 aromatic heterocycles. The van der Waals surface area contributed by atoms with Crippen LogP contribution >= 0.6 is 11.3 Å². The molecule has 2 heterocycles. The second-order valence-electron chi connectivity index (χ2n) is 4.70. The van der Waals surface area contributed by atoms with E-state index in [1.54, 1.807) is 18.3 Å². The molecule has 0 saturated carbocycles. The zero-order valence-electron chi connectivity index (χ0n) is 11.5. The average Bonchev–Trinajstić information content (AvgIpc) is 2.98. The minimum absolute atomic E-state index is 0.249. The number of benzene rings is 1. The maximum absolute atomic E-state index is 13.7. The molecule has 3 aromatic rings. The molecule has 0 aliphatic rings. The number of halogens is 1. The Kier molecular flexibility index (Phi) is 3.92. The van der Waals surface area contributed by atoms with E-state index in [2.05, 4.69) is 15.3 Å². The van der Waals surface area contributed by atoms with Crippen molar-refractivity contribution in [2.45, 2.75) is 13.5 Å². The van der Waals surface area contributed by atoms with Crippen LogP contribution < -0.4 is 5.32 Å². The fourth-order valence-corrected chi connectivity index (χ4v) is 2.75. The van der Waals surface area contributed by atoms with Gasteiger partial charge in [-0.3, -0.25) is 4.98 Å². The molecule has 21 heavy (non-hydrogen) atoms. The van der Waals surface area contributed by atoms with Crippen molar-refractivity contribution in [1.29, 1.82) is 0 Å². The van der Waals surface area contributed by atoms with Crippen LogP contribution in [0.25, 0.3) is 10.7 Å². The first-order chi connectivity index (χ1) is 10.2. The molecule has 0 spiro atoms. The summed E-state index contributed by atoms with van der Waals surface area (Å²) in [7, 11) is 0. The van der Waals surface area contributed by atoms with E-state index in [1.807, 2.05) is 30.5 Å². The Morgan fingerprint density at radius 1 is 1.24 bits per heavy atom. The monoisotopic (exact) mass is 299 g/mol. The van der Waals surface area contributed by atoms with Gasteiger partial charge in [0.25, 0.3) is 0 Å². The summed E-state index contributed by atoms with van der Waals surface area (Å²) in [5.74, 6) is -0.249. The van der Waals surface area contributed by atoms with Crippen LogP contribution in [0, 0.1) is 12.7 Å². The van der Waals surface area contributed by atoms with E-state index in [4.69, 9.17) is 0 Å². The van der Waals surface area contributed by atoms with Gasteiger partial charge in [-0.05, 0) is 36.8 Å². The highest BCUT2D eigenvalue weighted by atomic mass is 32.1. The van der Waals surface area contributed by atoms with Crippen molar-refractivity contribution in [2.75, 3.05) is 5.32 Å². The Balaban J connectivity index is 1.72. The van der Waals surface area contributed by atoms with Crippen molar-refractivity contribution in [3.63, 3.8) is 0 Å². The van der Waals surface area contributed by atoms with E-state index in [-0.39, 0.29) is 5.82 Å². The average molecular weight is 299 g/mol. The van der Waals surface area contributed by atoms with Crippen molar-refractivity contribution in [3.8, 4) is 10.7 Å². The summed E-state index contributed by atoms with van der Waals surface area (Å²) in [5, 5.41) is 5.92. The molecule has 106 valence electrons. The number of rotatable bonds is 4. The minimum atomic E-state index is -0.249. The first kappa shape index (κ1) is 13.7. The molecular formula is C16H14FN3S. The number of hydrogen-bond donors (Lipinski definition) is 1. The number of hydrogen-bond acceptors (Lipinski definition) is 4. The van der Waals surface area contributed by atoms with E-state index in [9.17, 15) is 4.39 Å². The van der Waals surface area contributed by atoms with Gasteiger partial charge < -0.3 is 5.32 Å². The van der Waals surface area contributed by atoms with Gasteiger partial charge in [0.1, 0.15) is 10.8 Å². The molecule has 1 N–H and O–H groups in total. The molecule has 0 fully saturated rings. The van der Waals surface area contributed by atoms with Crippen LogP contribution in [-0.4, -0.2) is 9.97 Å². The van der Waals surface area contributed by atoms with Crippen molar-refractivity contribution in [2.24, 2.45) is 0 Å². The molecule has 0 unspecified atom stereocenters. The maximum atomic E-state index is 13.7. The summed E-state index contributed by atoms with van der Waals surface area (Å²) in [6.07, 6.45) is 1.75. The van der Waals surface area contributed by atoms with Gasteiger partial charge in [0.2, 0.25) is 0 Å². The molecular weight excluding hydrogens is 285 g/mol. The molecule has 0 aliphatic carbocycles. The molecule has 0 radical (unpaired) electrons. The predicted molar refractivity (Wildman–Crippen MR) is 83.8 cm³/mol. The van der Waals surface area contributed by atoms with E-state index in [1.165, 1.54) is 17.4 Å². The molecule has 5 heteroatoms. The number of thiazole rings is 1. The quantitative estimate of drug-likeness (QED) is 0.782. The minimum Gasteiger partial charge on any atom is -0.377 e. The van der Waals surface area contributed by atoms with E-state index in [0.29, 0.717) is 12.2 Å². The molecule has 0 bridgehead atoms. The fraction of sp³-hybridized carbons (Fsp3) is 0.125. The topological polar surface area (TPSA) is 37.8 Å². The summed E-state index contributed by atoms with van der Waals surface area (Å²) in [6, 6.07) is 10.8. The first-order valence-corrected chi connectivity index (χ1v) is 7.46. The van der Waals surface area contributed by atoms with Crippen LogP contribution in [0.2, 0.25) is 0 Å². The van der Waals surface area contributed by atoms with Crippen LogP contribution in [0.3, 0.4) is 0 Å². The maximum Gasteiger partial charge on any atom is 0.146 e. The Labute approximate surface area is 126 Å². The lowest BCUT2D eigenvalue weighted by molar-refractivity contribution is 0.629. The highest BCUT2D eigenvalue weighted by Crippen LogP contribution is 2.22. The van der Waals surface area contributed by atoms with Gasteiger partial charge in [0.05, 0.1) is 23.6 Å². The van der Waals surface area contributed by atoms with Gasteiger partial charge in [-0.2, -0.15) is 0 Å². The summed E-state index contributed by atoms with van der Waals surface area (Å²) >= 11 is 1.54. The van der Waals surface area contributed by atoms with Crippen molar-refractivity contribution in [3.05, 3.63) is 65.0 Å². The van der Waals surface area contributed by atoms with E-state index >= 15 is 0 Å². The lowest BCUT2D eigenvalue weighted by atomic mass is 10.2. The van der Waals surface area contributed by atoms with Crippen LogP contribution in [0.1, 0.15) is 11.3 Å². The van der Waals surface area contributed by atoms with Gasteiger partial charge in [0, 0.05) is 11.6 Å². The lowest BCUT2D eigenvalue weighted by Crippen LogP contribution is -2.02. The zero-order valence-corrected chi connectivity index (χ0v) is 12.3. The molecule has 1 aromatic carbocycles. The second-order valence-corrected chi connectivity index (χ2v) is 5.55. The zero-order chi connectivity index (χ0) is 14.7. The molecule has 0 atom stereocenters. The Bertz CT molecular complexity index is 740. The van der Waals surface area contributed by atoms with Crippen LogP contribution in [0.15, 0.2) is 48.0 Å². The Hall–Kier alpha value is -2.27. The molecule has 3 nitrogen and oxygen atoms in total. The van der Waals surface area contributed by atoms with Crippen molar-refractivity contribution in [1.82, 2.24) is 9.97 Å². The third-order valence-corrected chi connectivity index (χ3v) is 3.93. The summed E-state index contributed by atoms with van der Waals surface area (Å²) in [6.45, 7) is 2.43. The van der Waals surface area contributed by atoms with Gasteiger partial charge in [-0.25, -0.2) is 9.37 Å². The summed E-state index contributed by atoms with van der Waals surface area (Å²) in [5.41, 5.74) is 3.26. The van der Waals surface area contributed by atoms with Crippen molar-refractivity contribution < 1.29 is 4.39 Å². The van der Waals surface area contributed by atoms with Crippen LogP contribution in [-0.2, 0) is 6.54 Å². The third kappa shape index (κ3) is 3.25. The number of aryl methyl sites for hydroxylation is 1. The molecule has 3 rings (SSSR count). The van der Waals surface area contributed by atoms with Crippen molar-refractivity contribution >= 4 is 17.0 Å². The SMILES string of the molecule is Cc1ccc(F)c(NCc2csc(-c3ccccn3)n2)c1. The lowest BCUT2D eigenvalue weighted by Gasteiger charge is -2.06. The third-order valence-electron chi connectivity index (χ3n) is 3.02. The largest absolute Gasteiger partial charge is 0.377 e. The first-order valence-electron chi connectivity index (χ1n) is 6.58. The van der Waals surface area contributed by atoms with Gasteiger partial charge in [-0.1, -0.05) is 12.1 Å². The number of aromatic nitrogens is 2. The molecule has 0 saturated heterocycles. The van der Waals surface area contributed by atoms with Crippen LogP contribution in [0.5, 0.6) is 0 Å². The number of nitrogens with one attached hydrogen (secondary N) is 1. The number of anilines is 1. The Morgan fingerprint density at radius 3 is 2.95 bits per heavy atom. The fourth-order valence-electron chi connectivity index (χ4n) is 1.96. The molecule has 0 amide bonds. The Morgan fingerprint density at radius 2 is 2.14 bits per heavy atom. The standard InChI is InChI=1S/C16H14FN3S/c1-11-5-6-13(17)15(8-11)19-9-12-10-21-16(20-12)14-4-2-3-7-18-14/h2-8,10,19H,9H2,1H3. The highest BCUT2D eigenvalue weighted by Gasteiger charge is 2.07. The van der Waals surface area contributed by atoms with E-state index in [0.717, 1.165) is 22.0 Å². The number of pyridine rings is 1. The predicted octanol–water partition coefficient (Wildman–Crippen LogP) is 4.26. The van der Waals surface area contributed by atoms with Gasteiger partial charge >= 0.3 is 0 Å². The molecule has 0 aliphatic heterocycles. The highest BCUT2D eigenvalue weighted by molar-refractivity contribution is 7.13. The van der Waals surface area contributed by atoms with E-state index < -0.39 is 0 Å². The second kappa shape index (κ2) is 6.01. The van der Waals surface area contributed by atoms with Gasteiger partial charge in [-0.15, -0.1) is 11.3 Å². The summed E-state index contributed by atoms with van der Waals surface area (Å²) in [4.78, 5) is 8.79. The normalized spacial score (nSPS) is 10.6. The smallest absolute Gasteiger partial charge is 0.146 e. The van der Waals surface area contributed by atoms with Crippen LogP contribution in [0.4, 0.5) is 10.1 Å². The summed E-state index contributed by atoms with van der Waals surface area (Å²) < 4.78 is 13.7. The van der Waals surface area contributed by atoms with Gasteiger partial charge in [0.15, 0.2) is 0 Å².